The van der Waals surface area contributed by atoms with E-state index in [9.17, 15) is 8.78 Å². The van der Waals surface area contributed by atoms with Crippen LogP contribution in [-0.4, -0.2) is 4.98 Å². The standard InChI is InChI=1S/C10H8F2N2.ClH/c11-8-4-2-6-1-3-7(5-13)14-10(6)9(8)12;/h1-4H,5,13H2;1H. The predicted molar refractivity (Wildman–Crippen MR) is 56.8 cm³/mol. The number of nitrogens with two attached hydrogens (primary N) is 1. The van der Waals surface area contributed by atoms with Gasteiger partial charge in [-0.1, -0.05) is 6.07 Å². The van der Waals surface area contributed by atoms with Crippen LogP contribution in [0, 0.1) is 11.6 Å². The van der Waals surface area contributed by atoms with Gasteiger partial charge < -0.3 is 5.73 Å². The van der Waals surface area contributed by atoms with Crippen LogP contribution < -0.4 is 5.73 Å². The Hall–Kier alpha value is -1.26. The maximum Gasteiger partial charge on any atom is 0.184 e. The molecule has 80 valence electrons. The molecule has 15 heavy (non-hydrogen) atoms. The number of nitrogens with zero attached hydrogens (tertiary/aromatic N) is 1. The van der Waals surface area contributed by atoms with Crippen LogP contribution in [0.4, 0.5) is 8.78 Å². The van der Waals surface area contributed by atoms with E-state index < -0.39 is 11.6 Å². The smallest absolute Gasteiger partial charge is 0.184 e. The summed E-state index contributed by atoms with van der Waals surface area (Å²) in [4.78, 5) is 3.91. The fourth-order valence-electron chi connectivity index (χ4n) is 1.28. The molecule has 0 aliphatic carbocycles. The molecular weight excluding hydrogens is 222 g/mol. The van der Waals surface area contributed by atoms with Crippen molar-refractivity contribution in [2.45, 2.75) is 6.54 Å². The van der Waals surface area contributed by atoms with Crippen molar-refractivity contribution in [2.24, 2.45) is 5.73 Å². The van der Waals surface area contributed by atoms with Crippen LogP contribution in [0.3, 0.4) is 0 Å². The minimum absolute atomic E-state index is 0. The largest absolute Gasteiger partial charge is 0.325 e. The van der Waals surface area contributed by atoms with Crippen LogP contribution >= 0.6 is 12.4 Å². The first kappa shape index (κ1) is 11.8. The lowest BCUT2D eigenvalue weighted by atomic mass is 10.2. The Balaban J connectivity index is 0.00000112. The average molecular weight is 231 g/mol. The molecule has 0 bridgehead atoms. The van der Waals surface area contributed by atoms with Gasteiger partial charge in [0.25, 0.3) is 0 Å². The van der Waals surface area contributed by atoms with Gasteiger partial charge in [0.2, 0.25) is 0 Å². The molecule has 2 rings (SSSR count). The molecule has 0 radical (unpaired) electrons. The van der Waals surface area contributed by atoms with Gasteiger partial charge in [-0.05, 0) is 18.2 Å². The van der Waals surface area contributed by atoms with Gasteiger partial charge in [-0.15, -0.1) is 12.4 Å². The summed E-state index contributed by atoms with van der Waals surface area (Å²) in [5, 5.41) is 0.570. The van der Waals surface area contributed by atoms with E-state index in [1.165, 1.54) is 6.07 Å². The molecule has 0 fully saturated rings. The highest BCUT2D eigenvalue weighted by molar-refractivity contribution is 5.85. The van der Waals surface area contributed by atoms with E-state index in [4.69, 9.17) is 5.73 Å². The summed E-state index contributed by atoms with van der Waals surface area (Å²) >= 11 is 0. The Morgan fingerprint density at radius 3 is 2.47 bits per heavy atom. The highest BCUT2D eigenvalue weighted by Crippen LogP contribution is 2.18. The first-order valence-corrected chi connectivity index (χ1v) is 4.16. The first-order chi connectivity index (χ1) is 6.72. The first-order valence-electron chi connectivity index (χ1n) is 4.16. The minimum atomic E-state index is -0.919. The molecule has 0 atom stereocenters. The van der Waals surface area contributed by atoms with Crippen LogP contribution in [0.25, 0.3) is 10.9 Å². The van der Waals surface area contributed by atoms with E-state index in [2.05, 4.69) is 4.98 Å². The van der Waals surface area contributed by atoms with Crippen LogP contribution in [-0.2, 0) is 6.54 Å². The molecule has 1 aromatic carbocycles. The van der Waals surface area contributed by atoms with Crippen LogP contribution in [0.2, 0.25) is 0 Å². The summed E-state index contributed by atoms with van der Waals surface area (Å²) in [5.74, 6) is -1.81. The lowest BCUT2D eigenvalue weighted by Gasteiger charge is -2.01. The van der Waals surface area contributed by atoms with Crippen molar-refractivity contribution in [1.82, 2.24) is 4.98 Å². The third-order valence-corrected chi connectivity index (χ3v) is 2.02. The monoisotopic (exact) mass is 230 g/mol. The van der Waals surface area contributed by atoms with Crippen molar-refractivity contribution >= 4 is 23.3 Å². The van der Waals surface area contributed by atoms with Gasteiger partial charge in [-0.25, -0.2) is 13.8 Å². The molecule has 5 heteroatoms. The van der Waals surface area contributed by atoms with Crippen molar-refractivity contribution < 1.29 is 8.78 Å². The third kappa shape index (κ3) is 2.06. The van der Waals surface area contributed by atoms with Crippen LogP contribution in [0.1, 0.15) is 5.69 Å². The highest BCUT2D eigenvalue weighted by atomic mass is 35.5. The predicted octanol–water partition coefficient (Wildman–Crippen LogP) is 2.39. The normalized spacial score (nSPS) is 10.1. The molecule has 1 heterocycles. The van der Waals surface area contributed by atoms with E-state index in [1.54, 1.807) is 12.1 Å². The second-order valence-electron chi connectivity index (χ2n) is 2.94. The molecule has 0 aliphatic rings. The number of aromatic nitrogens is 1. The van der Waals surface area contributed by atoms with Gasteiger partial charge in [0.1, 0.15) is 5.52 Å². The Labute approximate surface area is 91.5 Å². The second-order valence-corrected chi connectivity index (χ2v) is 2.94. The number of pyridine rings is 1. The van der Waals surface area contributed by atoms with Crippen molar-refractivity contribution in [3.8, 4) is 0 Å². The van der Waals surface area contributed by atoms with E-state index in [-0.39, 0.29) is 24.5 Å². The fraction of sp³-hybridized carbons (Fsp3) is 0.100. The summed E-state index contributed by atoms with van der Waals surface area (Å²) in [5.41, 5.74) is 5.93. The molecular formula is C10H9ClF2N2. The van der Waals surface area contributed by atoms with Gasteiger partial charge >= 0.3 is 0 Å². The summed E-state index contributed by atoms with van der Waals surface area (Å²) in [6.07, 6.45) is 0. The maximum absolute atomic E-state index is 13.2. The summed E-state index contributed by atoms with van der Waals surface area (Å²) < 4.78 is 26.1. The summed E-state index contributed by atoms with van der Waals surface area (Å²) in [6, 6.07) is 5.94. The molecule has 0 saturated carbocycles. The number of hydrogen-bond donors (Lipinski definition) is 1. The number of benzene rings is 1. The van der Waals surface area contributed by atoms with E-state index in [0.29, 0.717) is 11.1 Å². The zero-order valence-corrected chi connectivity index (χ0v) is 8.52. The molecule has 2 nitrogen and oxygen atoms in total. The maximum atomic E-state index is 13.2. The van der Waals surface area contributed by atoms with Gasteiger partial charge in [-0.2, -0.15) is 0 Å². The molecule has 2 aromatic rings. The highest BCUT2D eigenvalue weighted by Gasteiger charge is 2.08. The van der Waals surface area contributed by atoms with Gasteiger partial charge in [-0.3, -0.25) is 0 Å². The Morgan fingerprint density at radius 1 is 1.13 bits per heavy atom. The summed E-state index contributed by atoms with van der Waals surface area (Å²) in [6.45, 7) is 0.214. The molecule has 0 unspecified atom stereocenters. The fourth-order valence-corrected chi connectivity index (χ4v) is 1.28. The number of halogens is 3. The topological polar surface area (TPSA) is 38.9 Å². The zero-order chi connectivity index (χ0) is 10.1. The molecule has 0 spiro atoms. The van der Waals surface area contributed by atoms with E-state index in [0.717, 1.165) is 6.07 Å². The SMILES string of the molecule is Cl.NCc1ccc2ccc(F)c(F)c2n1. The van der Waals surface area contributed by atoms with Crippen LogP contribution in [0.15, 0.2) is 24.3 Å². The van der Waals surface area contributed by atoms with E-state index >= 15 is 0 Å². The molecule has 0 saturated heterocycles. The Morgan fingerprint density at radius 2 is 1.80 bits per heavy atom. The minimum Gasteiger partial charge on any atom is -0.325 e. The molecule has 2 N–H and O–H groups in total. The molecule has 0 amide bonds. The number of hydrogen-bond acceptors (Lipinski definition) is 2. The van der Waals surface area contributed by atoms with Crippen molar-refractivity contribution in [2.75, 3.05) is 0 Å². The number of fused-ring (bicyclic) bond motifs is 1. The zero-order valence-electron chi connectivity index (χ0n) is 7.71. The average Bonchev–Trinajstić information content (AvgIpc) is 2.23. The Bertz CT molecular complexity index is 488. The van der Waals surface area contributed by atoms with Crippen molar-refractivity contribution in [1.29, 1.82) is 0 Å². The quantitative estimate of drug-likeness (QED) is 0.817. The molecule has 0 aliphatic heterocycles. The second kappa shape index (κ2) is 4.51. The van der Waals surface area contributed by atoms with Crippen molar-refractivity contribution in [3.63, 3.8) is 0 Å². The third-order valence-electron chi connectivity index (χ3n) is 2.02. The van der Waals surface area contributed by atoms with Crippen molar-refractivity contribution in [3.05, 3.63) is 41.6 Å². The number of rotatable bonds is 1. The summed E-state index contributed by atoms with van der Waals surface area (Å²) in [7, 11) is 0. The van der Waals surface area contributed by atoms with E-state index in [1.807, 2.05) is 0 Å². The Kier molecular flexibility index (Phi) is 3.55. The van der Waals surface area contributed by atoms with Gasteiger partial charge in [0, 0.05) is 11.9 Å². The van der Waals surface area contributed by atoms with Crippen LogP contribution in [0.5, 0.6) is 0 Å². The lowest BCUT2D eigenvalue weighted by molar-refractivity contribution is 0.515. The molecule has 1 aromatic heterocycles. The van der Waals surface area contributed by atoms with Gasteiger partial charge in [0.05, 0.1) is 5.69 Å². The lowest BCUT2D eigenvalue weighted by Crippen LogP contribution is -2.00. The van der Waals surface area contributed by atoms with Gasteiger partial charge in [0.15, 0.2) is 11.6 Å².